The summed E-state index contributed by atoms with van der Waals surface area (Å²) >= 11 is 0. The Morgan fingerprint density at radius 3 is 2.67 bits per heavy atom. The number of imidazole rings is 1. The summed E-state index contributed by atoms with van der Waals surface area (Å²) in [6.45, 7) is 4.26. The monoisotopic (exact) mass is 458 g/mol. The molecule has 2 heterocycles. The SMILES string of the molecule is CC(=O)c1cc(NCCC(F)(F)F)c2ncc(-c3ccc(CCCNC4CC4)c(C)c3)n2c1. The van der Waals surface area contributed by atoms with Crippen molar-refractivity contribution in [2.75, 3.05) is 18.4 Å². The fourth-order valence-electron chi connectivity index (χ4n) is 3.97. The fraction of sp³-hybridized carbons (Fsp3) is 0.440. The number of aromatic nitrogens is 2. The van der Waals surface area contributed by atoms with Crippen LogP contribution in [0.4, 0.5) is 18.9 Å². The first kappa shape index (κ1) is 23.3. The normalized spacial score (nSPS) is 14.1. The Morgan fingerprint density at radius 1 is 1.21 bits per heavy atom. The summed E-state index contributed by atoms with van der Waals surface area (Å²) in [6, 6.07) is 8.55. The van der Waals surface area contributed by atoms with Crippen LogP contribution in [0.15, 0.2) is 36.7 Å². The van der Waals surface area contributed by atoms with Gasteiger partial charge in [0, 0.05) is 29.9 Å². The summed E-state index contributed by atoms with van der Waals surface area (Å²) in [5.41, 5.74) is 5.52. The van der Waals surface area contributed by atoms with E-state index in [1.807, 2.05) is 6.07 Å². The molecule has 8 heteroatoms. The molecule has 0 aliphatic heterocycles. The van der Waals surface area contributed by atoms with Crippen LogP contribution in [-0.2, 0) is 6.42 Å². The average molecular weight is 459 g/mol. The first-order valence-electron chi connectivity index (χ1n) is 11.4. The van der Waals surface area contributed by atoms with Crippen molar-refractivity contribution in [3.63, 3.8) is 0 Å². The van der Waals surface area contributed by atoms with Gasteiger partial charge in [-0.1, -0.05) is 12.1 Å². The van der Waals surface area contributed by atoms with Crippen molar-refractivity contribution in [1.82, 2.24) is 14.7 Å². The lowest BCUT2D eigenvalue weighted by Gasteiger charge is -2.13. The van der Waals surface area contributed by atoms with Crippen LogP contribution >= 0.6 is 0 Å². The van der Waals surface area contributed by atoms with Crippen LogP contribution in [0.3, 0.4) is 0 Å². The second kappa shape index (κ2) is 9.55. The van der Waals surface area contributed by atoms with Crippen LogP contribution in [0, 0.1) is 6.92 Å². The van der Waals surface area contributed by atoms with Gasteiger partial charge in [-0.15, -0.1) is 0 Å². The smallest absolute Gasteiger partial charge is 0.382 e. The van der Waals surface area contributed by atoms with Gasteiger partial charge in [0.15, 0.2) is 11.4 Å². The van der Waals surface area contributed by atoms with E-state index in [0.717, 1.165) is 36.7 Å². The molecule has 1 aliphatic rings. The molecule has 1 fully saturated rings. The number of halogens is 3. The third-order valence-electron chi connectivity index (χ3n) is 6.01. The van der Waals surface area contributed by atoms with Crippen LogP contribution in [-0.4, -0.2) is 40.5 Å². The van der Waals surface area contributed by atoms with Gasteiger partial charge in [0.2, 0.25) is 0 Å². The Hall–Kier alpha value is -2.87. The number of nitrogens with one attached hydrogen (secondary N) is 2. The summed E-state index contributed by atoms with van der Waals surface area (Å²) in [5, 5.41) is 6.34. The summed E-state index contributed by atoms with van der Waals surface area (Å²) in [4.78, 5) is 16.5. The molecule has 176 valence electrons. The number of nitrogens with zero attached hydrogens (tertiary/aromatic N) is 2. The zero-order chi connectivity index (χ0) is 23.6. The highest BCUT2D eigenvalue weighted by Gasteiger charge is 2.26. The second-order valence-corrected chi connectivity index (χ2v) is 8.80. The average Bonchev–Trinajstić information content (AvgIpc) is 3.47. The summed E-state index contributed by atoms with van der Waals surface area (Å²) in [6.07, 6.45) is 2.84. The Kier molecular flexibility index (Phi) is 6.74. The largest absolute Gasteiger partial charge is 0.390 e. The maximum Gasteiger partial charge on any atom is 0.390 e. The van der Waals surface area contributed by atoms with E-state index in [-0.39, 0.29) is 12.3 Å². The number of anilines is 1. The van der Waals surface area contributed by atoms with Crippen LogP contribution in [0.25, 0.3) is 16.9 Å². The number of Topliss-reactive ketones (excluding diaryl/α,β-unsaturated/α-hetero) is 1. The van der Waals surface area contributed by atoms with Gasteiger partial charge in [-0.05, 0) is 69.3 Å². The summed E-state index contributed by atoms with van der Waals surface area (Å²) in [5.74, 6) is -0.165. The molecule has 1 aliphatic carbocycles. The Morgan fingerprint density at radius 2 is 2.00 bits per heavy atom. The van der Waals surface area contributed by atoms with Crippen molar-refractivity contribution in [3.8, 4) is 11.3 Å². The van der Waals surface area contributed by atoms with Crippen molar-refractivity contribution in [2.24, 2.45) is 0 Å². The zero-order valence-electron chi connectivity index (χ0n) is 18.9. The third-order valence-corrected chi connectivity index (χ3v) is 6.01. The molecular formula is C25H29F3N4O. The number of carbonyl (C=O) groups is 1. The number of rotatable bonds is 10. The standard InChI is InChI=1S/C25H29F3N4O/c1-16-12-19(6-5-18(16)4-3-10-29-21-7-8-21)23-14-31-24-22(30-11-9-25(26,27)28)13-20(17(2)33)15-32(23)24/h5-6,12-15,21,29-30H,3-4,7-11H2,1-2H3. The van der Waals surface area contributed by atoms with Gasteiger partial charge >= 0.3 is 6.18 Å². The molecule has 33 heavy (non-hydrogen) atoms. The van der Waals surface area contributed by atoms with Gasteiger partial charge in [-0.2, -0.15) is 13.2 Å². The summed E-state index contributed by atoms with van der Waals surface area (Å²) in [7, 11) is 0. The Bertz CT molecular complexity index is 1150. The number of carbonyl (C=O) groups excluding carboxylic acids is 1. The van der Waals surface area contributed by atoms with E-state index in [0.29, 0.717) is 16.9 Å². The molecule has 0 radical (unpaired) electrons. The minimum Gasteiger partial charge on any atom is -0.382 e. The Balaban J connectivity index is 1.58. The van der Waals surface area contributed by atoms with E-state index in [9.17, 15) is 18.0 Å². The van der Waals surface area contributed by atoms with Gasteiger partial charge in [-0.3, -0.25) is 9.20 Å². The van der Waals surface area contributed by atoms with Crippen LogP contribution in [0.2, 0.25) is 0 Å². The van der Waals surface area contributed by atoms with Crippen LogP contribution < -0.4 is 10.6 Å². The molecule has 0 atom stereocenters. The highest BCUT2D eigenvalue weighted by molar-refractivity contribution is 5.96. The minimum absolute atomic E-state index is 0.165. The van der Waals surface area contributed by atoms with E-state index in [1.54, 1.807) is 22.9 Å². The molecule has 0 amide bonds. The van der Waals surface area contributed by atoms with Gasteiger partial charge in [0.25, 0.3) is 0 Å². The lowest BCUT2D eigenvalue weighted by molar-refractivity contribution is -0.131. The van der Waals surface area contributed by atoms with Crippen molar-refractivity contribution in [1.29, 1.82) is 0 Å². The highest BCUT2D eigenvalue weighted by Crippen LogP contribution is 2.29. The van der Waals surface area contributed by atoms with E-state index in [4.69, 9.17) is 0 Å². The van der Waals surface area contributed by atoms with Crippen molar-refractivity contribution in [2.45, 2.75) is 58.2 Å². The lowest BCUT2D eigenvalue weighted by atomic mass is 10.00. The molecule has 2 N–H and O–H groups in total. The molecule has 1 saturated carbocycles. The number of pyridine rings is 1. The van der Waals surface area contributed by atoms with E-state index in [2.05, 4.69) is 34.7 Å². The zero-order valence-corrected chi connectivity index (χ0v) is 18.9. The minimum atomic E-state index is -4.25. The first-order chi connectivity index (χ1) is 15.7. The number of aryl methyl sites for hydroxylation is 2. The molecule has 4 rings (SSSR count). The van der Waals surface area contributed by atoms with Gasteiger partial charge in [-0.25, -0.2) is 4.98 Å². The van der Waals surface area contributed by atoms with E-state index in [1.165, 1.54) is 30.9 Å². The third kappa shape index (κ3) is 5.93. The molecule has 3 aromatic rings. The number of hydrogen-bond donors (Lipinski definition) is 2. The molecule has 1 aromatic carbocycles. The van der Waals surface area contributed by atoms with Crippen LogP contribution in [0.1, 0.15) is 54.1 Å². The Labute approximate surface area is 191 Å². The maximum absolute atomic E-state index is 12.6. The topological polar surface area (TPSA) is 58.4 Å². The van der Waals surface area contributed by atoms with Crippen molar-refractivity contribution in [3.05, 3.63) is 53.3 Å². The van der Waals surface area contributed by atoms with Gasteiger partial charge in [0.05, 0.1) is 24.0 Å². The fourth-order valence-corrected chi connectivity index (χ4v) is 3.97. The predicted octanol–water partition coefficient (Wildman–Crippen LogP) is 5.56. The lowest BCUT2D eigenvalue weighted by Crippen LogP contribution is -2.17. The molecular weight excluding hydrogens is 429 g/mol. The molecule has 0 unspecified atom stereocenters. The van der Waals surface area contributed by atoms with Gasteiger partial charge < -0.3 is 10.6 Å². The molecule has 0 bridgehead atoms. The molecule has 2 aromatic heterocycles. The maximum atomic E-state index is 12.6. The second-order valence-electron chi connectivity index (χ2n) is 8.80. The number of fused-ring (bicyclic) bond motifs is 1. The van der Waals surface area contributed by atoms with Crippen LogP contribution in [0.5, 0.6) is 0 Å². The van der Waals surface area contributed by atoms with Crippen molar-refractivity contribution < 1.29 is 18.0 Å². The number of alkyl halides is 3. The van der Waals surface area contributed by atoms with Crippen molar-refractivity contribution >= 4 is 17.1 Å². The first-order valence-corrected chi connectivity index (χ1v) is 11.4. The predicted molar refractivity (Wildman–Crippen MR) is 124 cm³/mol. The van der Waals surface area contributed by atoms with E-state index >= 15 is 0 Å². The van der Waals surface area contributed by atoms with Gasteiger partial charge in [0.1, 0.15) is 0 Å². The highest BCUT2D eigenvalue weighted by atomic mass is 19.4. The number of ketones is 1. The quantitative estimate of drug-likeness (QED) is 0.308. The molecule has 5 nitrogen and oxygen atoms in total. The molecule has 0 spiro atoms. The van der Waals surface area contributed by atoms with E-state index < -0.39 is 12.6 Å². The molecule has 0 saturated heterocycles. The summed E-state index contributed by atoms with van der Waals surface area (Å²) < 4.78 is 39.6. The number of hydrogen-bond acceptors (Lipinski definition) is 4. The number of benzene rings is 1.